The van der Waals surface area contributed by atoms with Crippen LogP contribution in [0.25, 0.3) is 0 Å². The molecule has 13 heavy (non-hydrogen) atoms. The fraction of sp³-hybridized carbons (Fsp3) is 0.222. The zero-order chi connectivity index (χ0) is 9.84. The second kappa shape index (κ2) is 4.36. The van der Waals surface area contributed by atoms with Gasteiger partial charge in [0.2, 0.25) is 0 Å². The van der Waals surface area contributed by atoms with E-state index < -0.39 is 6.10 Å². The van der Waals surface area contributed by atoms with Crippen LogP contribution >= 0.6 is 23.2 Å². The minimum Gasteiger partial charge on any atom is -0.474 e. The van der Waals surface area contributed by atoms with E-state index in [4.69, 9.17) is 33.2 Å². The molecule has 1 aromatic rings. The van der Waals surface area contributed by atoms with E-state index in [1.807, 2.05) is 6.07 Å². The molecule has 0 aliphatic heterocycles. The Balaban J connectivity index is 2.90. The summed E-state index contributed by atoms with van der Waals surface area (Å²) >= 11 is 11.6. The lowest BCUT2D eigenvalue weighted by molar-refractivity contribution is 0.276. The summed E-state index contributed by atoms with van der Waals surface area (Å²) in [5, 5.41) is 9.27. The summed E-state index contributed by atoms with van der Waals surface area (Å²) in [5.41, 5.74) is 0. The number of halogens is 2. The van der Waals surface area contributed by atoms with Gasteiger partial charge >= 0.3 is 0 Å². The zero-order valence-electron chi connectivity index (χ0n) is 6.92. The highest BCUT2D eigenvalue weighted by Crippen LogP contribution is 2.31. The fourth-order valence-corrected chi connectivity index (χ4v) is 1.13. The van der Waals surface area contributed by atoms with Gasteiger partial charge in [0.25, 0.3) is 0 Å². The molecule has 0 spiro atoms. The number of hydrogen-bond donors (Lipinski definition) is 0. The Labute approximate surface area is 86.6 Å². The Morgan fingerprint density at radius 3 is 2.77 bits per heavy atom. The van der Waals surface area contributed by atoms with Crippen molar-refractivity contribution >= 4 is 23.2 Å². The summed E-state index contributed by atoms with van der Waals surface area (Å²) in [6, 6.07) is 6.98. The first-order chi connectivity index (χ1) is 6.15. The van der Waals surface area contributed by atoms with E-state index >= 15 is 0 Å². The van der Waals surface area contributed by atoms with E-state index in [0.29, 0.717) is 15.8 Å². The third kappa shape index (κ3) is 2.51. The molecule has 0 N–H and O–H groups in total. The van der Waals surface area contributed by atoms with Gasteiger partial charge in [-0.05, 0) is 19.1 Å². The molecule has 1 rings (SSSR count). The summed E-state index contributed by atoms with van der Waals surface area (Å²) in [6.07, 6.45) is -0.532. The quantitative estimate of drug-likeness (QED) is 0.759. The molecular weight excluding hydrogens is 209 g/mol. The maximum atomic E-state index is 8.51. The Hall–Kier alpha value is -0.910. The molecule has 1 unspecified atom stereocenters. The molecule has 0 fully saturated rings. The van der Waals surface area contributed by atoms with Gasteiger partial charge in [0, 0.05) is 0 Å². The van der Waals surface area contributed by atoms with Gasteiger partial charge in [-0.15, -0.1) is 0 Å². The van der Waals surface area contributed by atoms with Gasteiger partial charge in [-0.25, -0.2) is 0 Å². The van der Waals surface area contributed by atoms with Gasteiger partial charge < -0.3 is 4.74 Å². The van der Waals surface area contributed by atoms with Crippen molar-refractivity contribution in [3.8, 4) is 11.8 Å². The second-order valence-corrected chi connectivity index (χ2v) is 3.23. The second-order valence-electron chi connectivity index (χ2n) is 2.44. The first-order valence-electron chi connectivity index (χ1n) is 3.65. The summed E-state index contributed by atoms with van der Waals surface area (Å²) in [4.78, 5) is 0. The average molecular weight is 216 g/mol. The Morgan fingerprint density at radius 1 is 1.46 bits per heavy atom. The normalized spacial score (nSPS) is 11.8. The van der Waals surface area contributed by atoms with Crippen LogP contribution in [0.3, 0.4) is 0 Å². The number of rotatable bonds is 2. The number of hydrogen-bond acceptors (Lipinski definition) is 2. The molecule has 0 radical (unpaired) electrons. The maximum Gasteiger partial charge on any atom is 0.181 e. The van der Waals surface area contributed by atoms with Gasteiger partial charge in [-0.1, -0.05) is 29.3 Å². The highest BCUT2D eigenvalue weighted by atomic mass is 35.5. The van der Waals surface area contributed by atoms with Crippen molar-refractivity contribution in [2.75, 3.05) is 0 Å². The van der Waals surface area contributed by atoms with Crippen LogP contribution in [0.1, 0.15) is 6.92 Å². The van der Waals surface area contributed by atoms with Crippen molar-refractivity contribution in [1.82, 2.24) is 0 Å². The minimum absolute atomic E-state index is 0.339. The maximum absolute atomic E-state index is 8.51. The molecule has 1 aromatic carbocycles. The topological polar surface area (TPSA) is 33.0 Å². The van der Waals surface area contributed by atoms with Gasteiger partial charge in [-0.2, -0.15) is 5.26 Å². The molecular formula is C9H7Cl2NO. The highest BCUT2D eigenvalue weighted by Gasteiger charge is 2.08. The number of nitrogens with zero attached hydrogens (tertiary/aromatic N) is 1. The average Bonchev–Trinajstić information content (AvgIpc) is 2.13. The molecule has 4 heteroatoms. The van der Waals surface area contributed by atoms with E-state index in [0.717, 1.165) is 0 Å². The predicted octanol–water partition coefficient (Wildman–Crippen LogP) is 3.28. The lowest BCUT2D eigenvalue weighted by Gasteiger charge is -2.09. The lowest BCUT2D eigenvalue weighted by atomic mass is 10.3. The van der Waals surface area contributed by atoms with Crippen LogP contribution in [0, 0.1) is 11.3 Å². The van der Waals surface area contributed by atoms with Gasteiger partial charge in [0.1, 0.15) is 16.8 Å². The largest absolute Gasteiger partial charge is 0.474 e. The smallest absolute Gasteiger partial charge is 0.181 e. The highest BCUT2D eigenvalue weighted by molar-refractivity contribution is 6.42. The van der Waals surface area contributed by atoms with E-state index in [2.05, 4.69) is 0 Å². The molecule has 0 bridgehead atoms. The van der Waals surface area contributed by atoms with Crippen molar-refractivity contribution in [2.45, 2.75) is 13.0 Å². The van der Waals surface area contributed by atoms with Crippen LogP contribution in [-0.2, 0) is 0 Å². The Bertz CT molecular complexity index is 346. The van der Waals surface area contributed by atoms with E-state index in [1.54, 1.807) is 25.1 Å². The summed E-state index contributed by atoms with van der Waals surface area (Å²) in [7, 11) is 0. The predicted molar refractivity (Wildman–Crippen MR) is 52.2 cm³/mol. The number of benzene rings is 1. The number of nitriles is 1. The van der Waals surface area contributed by atoms with Crippen LogP contribution in [0.15, 0.2) is 18.2 Å². The monoisotopic (exact) mass is 215 g/mol. The summed E-state index contributed by atoms with van der Waals surface area (Å²) in [5.74, 6) is 0.434. The van der Waals surface area contributed by atoms with Crippen LogP contribution in [0.5, 0.6) is 5.75 Å². The van der Waals surface area contributed by atoms with E-state index in [-0.39, 0.29) is 0 Å². The molecule has 0 saturated heterocycles. The lowest BCUT2D eigenvalue weighted by Crippen LogP contribution is -2.08. The third-order valence-corrected chi connectivity index (χ3v) is 2.20. The van der Waals surface area contributed by atoms with Gasteiger partial charge in [0.05, 0.1) is 5.02 Å². The van der Waals surface area contributed by atoms with Crippen LogP contribution in [0.4, 0.5) is 0 Å². The Morgan fingerprint density at radius 2 is 2.15 bits per heavy atom. The number of ether oxygens (including phenoxy) is 1. The van der Waals surface area contributed by atoms with Gasteiger partial charge in [-0.3, -0.25) is 0 Å². The minimum atomic E-state index is -0.532. The molecule has 68 valence electrons. The first-order valence-corrected chi connectivity index (χ1v) is 4.41. The van der Waals surface area contributed by atoms with Crippen molar-refractivity contribution in [2.24, 2.45) is 0 Å². The molecule has 0 aliphatic rings. The van der Waals surface area contributed by atoms with E-state index in [9.17, 15) is 0 Å². The molecule has 0 saturated carbocycles. The molecule has 1 atom stereocenters. The first kappa shape index (κ1) is 10.2. The SMILES string of the molecule is CC(C#N)Oc1cccc(Cl)c1Cl. The van der Waals surface area contributed by atoms with Gasteiger partial charge in [0.15, 0.2) is 6.10 Å². The van der Waals surface area contributed by atoms with E-state index in [1.165, 1.54) is 0 Å². The standard InChI is InChI=1S/C9H7Cl2NO/c1-6(5-12)13-8-4-2-3-7(10)9(8)11/h2-4,6H,1H3. The molecule has 2 nitrogen and oxygen atoms in total. The van der Waals surface area contributed by atoms with Crippen molar-refractivity contribution in [3.05, 3.63) is 28.2 Å². The summed E-state index contributed by atoms with van der Waals surface area (Å²) in [6.45, 7) is 1.64. The molecule has 0 aromatic heterocycles. The molecule has 0 amide bonds. The Kier molecular flexibility index (Phi) is 3.41. The van der Waals surface area contributed by atoms with Crippen LogP contribution in [0.2, 0.25) is 10.0 Å². The summed E-state index contributed by atoms with van der Waals surface area (Å²) < 4.78 is 5.20. The van der Waals surface area contributed by atoms with Crippen molar-refractivity contribution < 1.29 is 4.74 Å². The van der Waals surface area contributed by atoms with Crippen molar-refractivity contribution in [1.29, 1.82) is 5.26 Å². The molecule has 0 aliphatic carbocycles. The zero-order valence-corrected chi connectivity index (χ0v) is 8.43. The van der Waals surface area contributed by atoms with Crippen molar-refractivity contribution in [3.63, 3.8) is 0 Å². The van der Waals surface area contributed by atoms with Crippen LogP contribution in [-0.4, -0.2) is 6.10 Å². The van der Waals surface area contributed by atoms with Crippen LogP contribution < -0.4 is 4.74 Å². The molecule has 0 heterocycles. The fourth-order valence-electron chi connectivity index (χ4n) is 0.792. The third-order valence-electron chi connectivity index (χ3n) is 1.40.